The van der Waals surface area contributed by atoms with Gasteiger partial charge in [-0.3, -0.25) is 0 Å². The second kappa shape index (κ2) is 6.76. The number of rotatable bonds is 3. The van der Waals surface area contributed by atoms with Gasteiger partial charge >= 0.3 is 0 Å². The topological polar surface area (TPSA) is 46.4 Å². The molecule has 0 unspecified atom stereocenters. The molecule has 142 valence electrons. The highest BCUT2D eigenvalue weighted by atomic mass is 32.1. The minimum absolute atomic E-state index is 1.03. The van der Waals surface area contributed by atoms with Crippen molar-refractivity contribution in [3.05, 3.63) is 46.0 Å². The smallest absolute Gasteiger partial charge is 0.148 e. The number of aryl methyl sites for hydroxylation is 2. The van der Waals surface area contributed by atoms with Crippen molar-refractivity contribution in [2.75, 3.05) is 31.1 Å². The fourth-order valence-electron chi connectivity index (χ4n) is 4.57. The SMILES string of the molecule is c1ccc2sc(C[NH+]3CCN(c4ncnc5sc6c(c45)CCC6)CC3)nc2c1. The number of nitrogens with zero attached hydrogens (tertiary/aromatic N) is 4. The Balaban J connectivity index is 1.20. The molecule has 4 heterocycles. The first-order valence-electron chi connectivity index (χ1n) is 10.0. The van der Waals surface area contributed by atoms with Crippen LogP contribution in [0.25, 0.3) is 20.4 Å². The fraction of sp³-hybridized carbons (Fsp3) is 0.381. The molecule has 1 N–H and O–H groups in total. The van der Waals surface area contributed by atoms with Gasteiger partial charge in [-0.25, -0.2) is 15.0 Å². The number of thiazole rings is 1. The first-order valence-corrected chi connectivity index (χ1v) is 11.7. The van der Waals surface area contributed by atoms with E-state index in [1.807, 2.05) is 22.7 Å². The number of fused-ring (bicyclic) bond motifs is 4. The molecule has 0 amide bonds. The number of piperazine rings is 1. The second-order valence-corrected chi connectivity index (χ2v) is 9.92. The van der Waals surface area contributed by atoms with Gasteiger partial charge < -0.3 is 9.80 Å². The number of hydrogen-bond donors (Lipinski definition) is 1. The maximum Gasteiger partial charge on any atom is 0.148 e. The molecular weight excluding hydrogens is 386 g/mol. The lowest BCUT2D eigenvalue weighted by Gasteiger charge is -2.32. The van der Waals surface area contributed by atoms with E-state index >= 15 is 0 Å². The number of quaternary nitrogens is 1. The van der Waals surface area contributed by atoms with Crippen LogP contribution in [0.2, 0.25) is 0 Å². The van der Waals surface area contributed by atoms with Gasteiger partial charge in [-0.1, -0.05) is 12.1 Å². The summed E-state index contributed by atoms with van der Waals surface area (Å²) in [6.07, 6.45) is 5.45. The van der Waals surface area contributed by atoms with E-state index in [1.54, 1.807) is 11.2 Å². The third-order valence-corrected chi connectivity index (χ3v) is 8.23. The highest BCUT2D eigenvalue weighted by Gasteiger charge is 2.27. The number of aromatic nitrogens is 3. The van der Waals surface area contributed by atoms with Crippen LogP contribution < -0.4 is 9.80 Å². The molecule has 0 bridgehead atoms. The number of hydrogen-bond acceptors (Lipinski definition) is 6. The molecule has 5 nitrogen and oxygen atoms in total. The Hall–Kier alpha value is -2.09. The summed E-state index contributed by atoms with van der Waals surface area (Å²) in [5.41, 5.74) is 2.66. The molecule has 0 saturated carbocycles. The molecule has 1 aromatic carbocycles. The van der Waals surface area contributed by atoms with Crippen molar-refractivity contribution >= 4 is 48.9 Å². The molecule has 6 rings (SSSR count). The number of benzene rings is 1. The Morgan fingerprint density at radius 1 is 1.04 bits per heavy atom. The Kier molecular flexibility index (Phi) is 4.06. The van der Waals surface area contributed by atoms with E-state index in [0.29, 0.717) is 0 Å². The van der Waals surface area contributed by atoms with Gasteiger partial charge in [-0.2, -0.15) is 0 Å². The molecule has 7 heteroatoms. The monoisotopic (exact) mass is 408 g/mol. The van der Waals surface area contributed by atoms with Gasteiger partial charge in [0.15, 0.2) is 0 Å². The molecule has 0 atom stereocenters. The van der Waals surface area contributed by atoms with Gasteiger partial charge in [0.2, 0.25) is 0 Å². The van der Waals surface area contributed by atoms with E-state index in [0.717, 1.165) is 38.2 Å². The Morgan fingerprint density at radius 3 is 2.82 bits per heavy atom. The predicted molar refractivity (Wildman–Crippen MR) is 116 cm³/mol. The summed E-state index contributed by atoms with van der Waals surface area (Å²) in [6.45, 7) is 5.40. The van der Waals surface area contributed by atoms with E-state index in [-0.39, 0.29) is 0 Å². The third kappa shape index (κ3) is 2.80. The van der Waals surface area contributed by atoms with Crippen LogP contribution in [0, 0.1) is 0 Å². The zero-order chi connectivity index (χ0) is 18.5. The van der Waals surface area contributed by atoms with Crippen molar-refractivity contribution in [1.29, 1.82) is 0 Å². The molecule has 2 aliphatic rings. The van der Waals surface area contributed by atoms with Crippen LogP contribution in [0.1, 0.15) is 21.9 Å². The van der Waals surface area contributed by atoms with Gasteiger partial charge in [0.05, 0.1) is 41.8 Å². The van der Waals surface area contributed by atoms with Crippen LogP contribution in [0.3, 0.4) is 0 Å². The molecule has 1 fully saturated rings. The molecular formula is C21H22N5S2+. The first kappa shape index (κ1) is 16.8. The Bertz CT molecular complexity index is 1120. The van der Waals surface area contributed by atoms with Gasteiger partial charge in [-0.15, -0.1) is 22.7 Å². The van der Waals surface area contributed by atoms with Gasteiger partial charge in [0.1, 0.15) is 28.5 Å². The van der Waals surface area contributed by atoms with Crippen LogP contribution in [0.5, 0.6) is 0 Å². The molecule has 1 aliphatic carbocycles. The number of anilines is 1. The van der Waals surface area contributed by atoms with Crippen molar-refractivity contribution in [3.63, 3.8) is 0 Å². The summed E-state index contributed by atoms with van der Waals surface area (Å²) in [4.78, 5) is 20.9. The van der Waals surface area contributed by atoms with Crippen molar-refractivity contribution in [2.24, 2.45) is 0 Å². The Labute approximate surface area is 171 Å². The van der Waals surface area contributed by atoms with Gasteiger partial charge in [0.25, 0.3) is 0 Å². The number of nitrogens with one attached hydrogen (secondary N) is 1. The third-order valence-electron chi connectivity index (χ3n) is 5.99. The summed E-state index contributed by atoms with van der Waals surface area (Å²) >= 11 is 3.72. The molecule has 1 saturated heterocycles. The van der Waals surface area contributed by atoms with Crippen LogP contribution in [0.4, 0.5) is 5.82 Å². The Morgan fingerprint density at radius 2 is 1.93 bits per heavy atom. The number of thiophene rings is 1. The molecule has 28 heavy (non-hydrogen) atoms. The summed E-state index contributed by atoms with van der Waals surface area (Å²) in [5, 5.41) is 2.60. The normalized spacial score (nSPS) is 17.6. The molecule has 0 radical (unpaired) electrons. The highest BCUT2D eigenvalue weighted by molar-refractivity contribution is 7.19. The van der Waals surface area contributed by atoms with Gasteiger partial charge in [0, 0.05) is 4.88 Å². The maximum absolute atomic E-state index is 4.82. The summed E-state index contributed by atoms with van der Waals surface area (Å²) in [5.74, 6) is 1.17. The maximum atomic E-state index is 4.82. The average molecular weight is 409 g/mol. The van der Waals surface area contributed by atoms with Crippen molar-refractivity contribution in [2.45, 2.75) is 25.8 Å². The molecule has 1 aliphatic heterocycles. The van der Waals surface area contributed by atoms with Crippen molar-refractivity contribution in [3.8, 4) is 0 Å². The first-order chi connectivity index (χ1) is 13.8. The largest absolute Gasteiger partial charge is 0.345 e. The predicted octanol–water partition coefficient (Wildman–Crippen LogP) is 2.69. The summed E-state index contributed by atoms with van der Waals surface area (Å²) in [7, 11) is 0. The van der Waals surface area contributed by atoms with Crippen LogP contribution in [-0.2, 0) is 19.4 Å². The van der Waals surface area contributed by atoms with Crippen molar-refractivity contribution in [1.82, 2.24) is 15.0 Å². The quantitative estimate of drug-likeness (QED) is 0.566. The lowest BCUT2D eigenvalue weighted by Crippen LogP contribution is -3.13. The second-order valence-electron chi connectivity index (χ2n) is 7.72. The lowest BCUT2D eigenvalue weighted by atomic mass is 10.1. The fourth-order valence-corrected chi connectivity index (χ4v) is 6.84. The molecule has 0 spiro atoms. The minimum atomic E-state index is 1.03. The van der Waals surface area contributed by atoms with E-state index in [2.05, 4.69) is 34.1 Å². The van der Waals surface area contributed by atoms with E-state index < -0.39 is 0 Å². The van der Waals surface area contributed by atoms with Crippen LogP contribution in [-0.4, -0.2) is 41.1 Å². The number of para-hydroxylation sites is 1. The van der Waals surface area contributed by atoms with Crippen molar-refractivity contribution < 1.29 is 4.90 Å². The van der Waals surface area contributed by atoms with E-state index in [1.165, 1.54) is 55.4 Å². The zero-order valence-corrected chi connectivity index (χ0v) is 17.3. The highest BCUT2D eigenvalue weighted by Crippen LogP contribution is 2.40. The standard InChI is InChI=1S/C21H21N5S2/c1-2-6-17-15(5-1)24-18(27-17)12-25-8-10-26(11-9-25)20-19-14-4-3-7-16(14)28-21(19)23-13-22-20/h1-2,5-6,13H,3-4,7-12H2/p+1. The van der Waals surface area contributed by atoms with Gasteiger partial charge in [-0.05, 0) is 37.0 Å². The van der Waals surface area contributed by atoms with Crippen LogP contribution in [0.15, 0.2) is 30.6 Å². The minimum Gasteiger partial charge on any atom is -0.345 e. The zero-order valence-electron chi connectivity index (χ0n) is 15.6. The van der Waals surface area contributed by atoms with E-state index in [4.69, 9.17) is 9.97 Å². The molecule has 4 aromatic rings. The average Bonchev–Trinajstić information content (AvgIpc) is 3.41. The summed E-state index contributed by atoms with van der Waals surface area (Å²) in [6, 6.07) is 8.45. The molecule has 3 aromatic heterocycles. The summed E-state index contributed by atoms with van der Waals surface area (Å²) < 4.78 is 1.30. The lowest BCUT2D eigenvalue weighted by molar-refractivity contribution is -0.914. The van der Waals surface area contributed by atoms with Crippen LogP contribution >= 0.6 is 22.7 Å². The van der Waals surface area contributed by atoms with E-state index in [9.17, 15) is 0 Å².